The molecule has 0 saturated heterocycles. The van der Waals surface area contributed by atoms with E-state index in [1.165, 1.54) is 0 Å². The van der Waals surface area contributed by atoms with E-state index in [1.807, 2.05) is 37.3 Å². The number of nitrogen functional groups attached to an aromatic ring is 1. The standard InChI is InChI=1S/C13H16N8/c1-2-11-13(14)16-18-20(11)9-12-15-17-19-21(12)8-10-6-4-3-5-7-10/h3-7H,2,8-9,14H2,1H3. The molecule has 0 saturated carbocycles. The molecule has 8 nitrogen and oxygen atoms in total. The number of nitrogens with zero attached hydrogens (tertiary/aromatic N) is 7. The van der Waals surface area contributed by atoms with Gasteiger partial charge in [-0.15, -0.1) is 10.2 Å². The maximum absolute atomic E-state index is 5.79. The van der Waals surface area contributed by atoms with Crippen LogP contribution in [0.4, 0.5) is 5.82 Å². The predicted octanol–water partition coefficient (Wildman–Crippen LogP) is 0.506. The minimum atomic E-state index is 0.452. The predicted molar refractivity (Wildman–Crippen MR) is 76.3 cm³/mol. The van der Waals surface area contributed by atoms with Crippen LogP contribution in [0.3, 0.4) is 0 Å². The van der Waals surface area contributed by atoms with E-state index in [4.69, 9.17) is 5.73 Å². The first-order chi connectivity index (χ1) is 10.3. The second-order valence-electron chi connectivity index (χ2n) is 4.67. The maximum atomic E-state index is 5.79. The van der Waals surface area contributed by atoms with Crippen molar-refractivity contribution in [3.8, 4) is 0 Å². The molecule has 1 aromatic carbocycles. The number of hydrogen-bond donors (Lipinski definition) is 1. The summed E-state index contributed by atoms with van der Waals surface area (Å²) in [6.45, 7) is 3.08. The molecule has 0 amide bonds. The van der Waals surface area contributed by atoms with Crippen LogP contribution in [0.1, 0.15) is 24.0 Å². The number of nitrogens with two attached hydrogens (primary N) is 1. The van der Waals surface area contributed by atoms with E-state index in [9.17, 15) is 0 Å². The molecule has 3 aromatic rings. The fraction of sp³-hybridized carbons (Fsp3) is 0.308. The zero-order chi connectivity index (χ0) is 14.7. The number of benzene rings is 1. The monoisotopic (exact) mass is 284 g/mol. The van der Waals surface area contributed by atoms with Gasteiger partial charge in [0.1, 0.15) is 6.54 Å². The molecule has 2 aromatic heterocycles. The van der Waals surface area contributed by atoms with Crippen molar-refractivity contribution in [1.29, 1.82) is 0 Å². The van der Waals surface area contributed by atoms with E-state index in [0.717, 1.165) is 23.5 Å². The largest absolute Gasteiger partial charge is 0.381 e. The summed E-state index contributed by atoms with van der Waals surface area (Å²) < 4.78 is 3.50. The Morgan fingerprint density at radius 1 is 1.00 bits per heavy atom. The first kappa shape index (κ1) is 13.2. The highest BCUT2D eigenvalue weighted by atomic mass is 15.6. The second kappa shape index (κ2) is 5.70. The number of anilines is 1. The van der Waals surface area contributed by atoms with E-state index in [2.05, 4.69) is 25.8 Å². The van der Waals surface area contributed by atoms with Crippen LogP contribution in [0, 0.1) is 0 Å². The molecule has 0 aliphatic carbocycles. The van der Waals surface area contributed by atoms with E-state index in [0.29, 0.717) is 18.9 Å². The Kier molecular flexibility index (Phi) is 3.59. The maximum Gasteiger partial charge on any atom is 0.173 e. The van der Waals surface area contributed by atoms with Crippen LogP contribution in [0.15, 0.2) is 30.3 Å². The molecule has 21 heavy (non-hydrogen) atoms. The lowest BCUT2D eigenvalue weighted by Crippen LogP contribution is -2.14. The van der Waals surface area contributed by atoms with Gasteiger partial charge in [-0.25, -0.2) is 9.36 Å². The summed E-state index contributed by atoms with van der Waals surface area (Å²) in [5.74, 6) is 1.18. The van der Waals surface area contributed by atoms with Crippen molar-refractivity contribution in [2.75, 3.05) is 5.73 Å². The van der Waals surface area contributed by atoms with Crippen molar-refractivity contribution in [3.05, 3.63) is 47.4 Å². The van der Waals surface area contributed by atoms with Gasteiger partial charge in [0.05, 0.1) is 12.2 Å². The number of tetrazole rings is 1. The normalized spacial score (nSPS) is 10.9. The molecule has 108 valence electrons. The Bertz CT molecular complexity index is 715. The highest BCUT2D eigenvalue weighted by Gasteiger charge is 2.13. The molecule has 0 spiro atoms. The first-order valence-corrected chi connectivity index (χ1v) is 6.74. The molecule has 0 fully saturated rings. The van der Waals surface area contributed by atoms with Gasteiger partial charge >= 0.3 is 0 Å². The average Bonchev–Trinajstić information content (AvgIpc) is 3.08. The zero-order valence-electron chi connectivity index (χ0n) is 11.7. The van der Waals surface area contributed by atoms with Gasteiger partial charge in [0.25, 0.3) is 0 Å². The summed E-state index contributed by atoms with van der Waals surface area (Å²) in [7, 11) is 0. The Labute approximate surface area is 121 Å². The summed E-state index contributed by atoms with van der Waals surface area (Å²) in [5.41, 5.74) is 7.82. The third-order valence-corrected chi connectivity index (χ3v) is 3.27. The smallest absolute Gasteiger partial charge is 0.173 e. The van der Waals surface area contributed by atoms with Gasteiger partial charge in [0, 0.05) is 0 Å². The van der Waals surface area contributed by atoms with Crippen molar-refractivity contribution < 1.29 is 0 Å². The number of hydrogen-bond acceptors (Lipinski definition) is 6. The van der Waals surface area contributed by atoms with Gasteiger partial charge in [-0.1, -0.05) is 42.5 Å². The second-order valence-corrected chi connectivity index (χ2v) is 4.67. The summed E-state index contributed by atoms with van der Waals surface area (Å²) >= 11 is 0. The third-order valence-electron chi connectivity index (χ3n) is 3.27. The highest BCUT2D eigenvalue weighted by Crippen LogP contribution is 2.10. The summed E-state index contributed by atoms with van der Waals surface area (Å²) in [6.07, 6.45) is 0.763. The van der Waals surface area contributed by atoms with Crippen LogP contribution >= 0.6 is 0 Å². The Morgan fingerprint density at radius 2 is 1.81 bits per heavy atom. The molecule has 3 rings (SSSR count). The lowest BCUT2D eigenvalue weighted by Gasteiger charge is -2.06. The zero-order valence-corrected chi connectivity index (χ0v) is 11.7. The summed E-state index contributed by atoms with van der Waals surface area (Å²) in [5, 5.41) is 19.8. The molecule has 0 aliphatic rings. The Hall–Kier alpha value is -2.77. The minimum absolute atomic E-state index is 0.452. The van der Waals surface area contributed by atoms with Crippen LogP contribution in [0.2, 0.25) is 0 Å². The van der Waals surface area contributed by atoms with Gasteiger partial charge in [-0.3, -0.25) is 0 Å². The van der Waals surface area contributed by atoms with Gasteiger partial charge < -0.3 is 5.73 Å². The van der Waals surface area contributed by atoms with Gasteiger partial charge in [-0.05, 0) is 22.4 Å². The van der Waals surface area contributed by atoms with Crippen molar-refractivity contribution in [1.82, 2.24) is 35.2 Å². The van der Waals surface area contributed by atoms with Gasteiger partial charge in [0.2, 0.25) is 0 Å². The van der Waals surface area contributed by atoms with Crippen LogP contribution in [-0.2, 0) is 19.5 Å². The molecule has 0 atom stereocenters. The average molecular weight is 284 g/mol. The Balaban J connectivity index is 1.82. The molecular formula is C13H16N8. The van der Waals surface area contributed by atoms with E-state index in [-0.39, 0.29) is 0 Å². The minimum Gasteiger partial charge on any atom is -0.381 e. The SMILES string of the molecule is CCc1c(N)nnn1Cc1nnnn1Cc1ccccc1. The van der Waals surface area contributed by atoms with E-state index < -0.39 is 0 Å². The molecule has 0 unspecified atom stereocenters. The third kappa shape index (κ3) is 2.73. The lowest BCUT2D eigenvalue weighted by atomic mass is 10.2. The quantitative estimate of drug-likeness (QED) is 0.732. The van der Waals surface area contributed by atoms with E-state index in [1.54, 1.807) is 9.36 Å². The molecule has 0 bridgehead atoms. The molecule has 0 aliphatic heterocycles. The van der Waals surface area contributed by atoms with Crippen LogP contribution in [0.25, 0.3) is 0 Å². The van der Waals surface area contributed by atoms with Gasteiger partial charge in [-0.2, -0.15) is 0 Å². The van der Waals surface area contributed by atoms with Crippen molar-refractivity contribution in [2.45, 2.75) is 26.4 Å². The fourth-order valence-corrected chi connectivity index (χ4v) is 2.19. The van der Waals surface area contributed by atoms with Crippen LogP contribution in [0.5, 0.6) is 0 Å². The fourth-order valence-electron chi connectivity index (χ4n) is 2.19. The molecule has 2 heterocycles. The molecular weight excluding hydrogens is 268 g/mol. The molecule has 8 heteroatoms. The lowest BCUT2D eigenvalue weighted by molar-refractivity contribution is 0.552. The van der Waals surface area contributed by atoms with E-state index >= 15 is 0 Å². The van der Waals surface area contributed by atoms with Crippen molar-refractivity contribution in [3.63, 3.8) is 0 Å². The van der Waals surface area contributed by atoms with Gasteiger partial charge in [0.15, 0.2) is 11.6 Å². The molecule has 0 radical (unpaired) electrons. The van der Waals surface area contributed by atoms with Crippen molar-refractivity contribution >= 4 is 5.82 Å². The molecule has 2 N–H and O–H groups in total. The van der Waals surface area contributed by atoms with Crippen molar-refractivity contribution in [2.24, 2.45) is 0 Å². The first-order valence-electron chi connectivity index (χ1n) is 6.74. The highest BCUT2D eigenvalue weighted by molar-refractivity contribution is 5.32. The number of rotatable bonds is 5. The van der Waals surface area contributed by atoms with Crippen LogP contribution in [-0.4, -0.2) is 35.2 Å². The summed E-state index contributed by atoms with van der Waals surface area (Å²) in [4.78, 5) is 0. The Morgan fingerprint density at radius 3 is 2.57 bits per heavy atom. The number of aromatic nitrogens is 7. The van der Waals surface area contributed by atoms with Crippen LogP contribution < -0.4 is 5.73 Å². The topological polar surface area (TPSA) is 100 Å². The summed E-state index contributed by atoms with van der Waals surface area (Å²) in [6, 6.07) is 10.0.